The molecule has 0 saturated carbocycles. The van der Waals surface area contributed by atoms with Gasteiger partial charge in [-0.25, -0.2) is 16.8 Å². The van der Waals surface area contributed by atoms with Gasteiger partial charge in [0.15, 0.2) is 0 Å². The molecule has 0 aliphatic rings. The summed E-state index contributed by atoms with van der Waals surface area (Å²) >= 11 is 0. The van der Waals surface area contributed by atoms with E-state index in [1.54, 1.807) is 10.2 Å². The maximum atomic E-state index is 11.5. The summed E-state index contributed by atoms with van der Waals surface area (Å²) in [5.74, 6) is 0. The fraction of sp³-hybridized carbons (Fsp3) is 0.111. The lowest BCUT2D eigenvalue weighted by Crippen LogP contribution is -2.29. The van der Waals surface area contributed by atoms with Gasteiger partial charge in [-0.2, -0.15) is 0 Å². The van der Waals surface area contributed by atoms with Gasteiger partial charge < -0.3 is 0 Å². The zero-order chi connectivity index (χ0) is 12.4. The van der Waals surface area contributed by atoms with Crippen LogP contribution < -0.4 is 4.13 Å². The molecule has 1 aromatic carbocycles. The summed E-state index contributed by atoms with van der Waals surface area (Å²) in [5.41, 5.74) is 0.748. The molecule has 0 aliphatic carbocycles. The Bertz CT molecular complexity index is 585. The summed E-state index contributed by atoms with van der Waals surface area (Å²) in [7, 11) is -7.82. The molecule has 0 heterocycles. The Morgan fingerprint density at radius 3 is 2.00 bits per heavy atom. The highest BCUT2D eigenvalue weighted by atomic mass is 32.3. The minimum atomic E-state index is -4.02. The predicted octanol–water partition coefficient (Wildman–Crippen LogP) is 0.568. The molecule has 7 heteroatoms. The van der Waals surface area contributed by atoms with E-state index in [0.717, 1.165) is 11.8 Å². The van der Waals surface area contributed by atoms with Crippen LogP contribution in [0.25, 0.3) is 6.08 Å². The van der Waals surface area contributed by atoms with E-state index in [4.69, 9.17) is 0 Å². The quantitative estimate of drug-likeness (QED) is 0.859. The van der Waals surface area contributed by atoms with Crippen molar-refractivity contribution in [3.05, 3.63) is 36.4 Å². The lowest BCUT2D eigenvalue weighted by molar-refractivity contribution is 0.580. The highest BCUT2D eigenvalue weighted by Crippen LogP contribution is 2.11. The van der Waals surface area contributed by atoms with Crippen molar-refractivity contribution in [3.8, 4) is 0 Å². The molecule has 16 heavy (non-hydrogen) atoms. The van der Waals surface area contributed by atoms with Crippen molar-refractivity contribution in [1.29, 1.82) is 0 Å². The minimum Gasteiger partial charge on any atom is -0.212 e. The second-order valence-electron chi connectivity index (χ2n) is 3.13. The van der Waals surface area contributed by atoms with Crippen molar-refractivity contribution in [3.63, 3.8) is 0 Å². The highest BCUT2D eigenvalue weighted by Gasteiger charge is 2.18. The van der Waals surface area contributed by atoms with Gasteiger partial charge in [0.25, 0.3) is 10.0 Å². The van der Waals surface area contributed by atoms with E-state index in [1.165, 1.54) is 24.3 Å². The van der Waals surface area contributed by atoms with Crippen LogP contribution in [0.2, 0.25) is 0 Å². The van der Waals surface area contributed by atoms with Crippen molar-refractivity contribution >= 4 is 26.1 Å². The molecule has 1 N–H and O–H groups in total. The largest absolute Gasteiger partial charge is 0.253 e. The highest BCUT2D eigenvalue weighted by molar-refractivity contribution is 8.04. The van der Waals surface area contributed by atoms with Crippen LogP contribution in [-0.4, -0.2) is 23.1 Å². The van der Waals surface area contributed by atoms with E-state index >= 15 is 0 Å². The minimum absolute atomic E-state index is 0.108. The van der Waals surface area contributed by atoms with Crippen LogP contribution in [-0.2, 0) is 20.0 Å². The van der Waals surface area contributed by atoms with Gasteiger partial charge in [0, 0.05) is 0 Å². The van der Waals surface area contributed by atoms with Gasteiger partial charge in [-0.05, 0) is 17.7 Å². The molecular weight excluding hydrogens is 250 g/mol. The number of hydrogen-bond acceptors (Lipinski definition) is 4. The first-order chi connectivity index (χ1) is 7.24. The SMILES string of the molecule is C=Cc1ccc(S(=O)(=O)NS(C)(=O)=O)cc1. The Labute approximate surface area is 94.9 Å². The van der Waals surface area contributed by atoms with E-state index < -0.39 is 20.0 Å². The van der Waals surface area contributed by atoms with E-state index in [-0.39, 0.29) is 4.90 Å². The number of rotatable bonds is 4. The van der Waals surface area contributed by atoms with Gasteiger partial charge in [0.1, 0.15) is 0 Å². The van der Waals surface area contributed by atoms with Crippen LogP contribution >= 0.6 is 0 Å². The molecule has 0 radical (unpaired) electrons. The average Bonchev–Trinajstić information content (AvgIpc) is 2.14. The molecular formula is C9H11NO4S2. The maximum Gasteiger partial charge on any atom is 0.253 e. The Hall–Kier alpha value is -1.18. The van der Waals surface area contributed by atoms with Crippen molar-refractivity contribution < 1.29 is 16.8 Å². The lowest BCUT2D eigenvalue weighted by atomic mass is 10.2. The standard InChI is InChI=1S/C9H11NO4S2/c1-3-8-4-6-9(7-5-8)16(13,14)10-15(2,11)12/h3-7,10H,1H2,2H3. The average molecular weight is 261 g/mol. The Morgan fingerprint density at radius 1 is 1.12 bits per heavy atom. The molecule has 1 rings (SSSR count). The number of benzene rings is 1. The third-order valence-electron chi connectivity index (χ3n) is 1.69. The van der Waals surface area contributed by atoms with Gasteiger partial charge in [-0.15, -0.1) is 4.13 Å². The van der Waals surface area contributed by atoms with E-state index in [1.807, 2.05) is 0 Å². The molecule has 88 valence electrons. The van der Waals surface area contributed by atoms with Gasteiger partial charge in [-0.1, -0.05) is 24.8 Å². The summed E-state index contributed by atoms with van der Waals surface area (Å²) in [5, 5.41) is 0. The topological polar surface area (TPSA) is 80.3 Å². The lowest BCUT2D eigenvalue weighted by Gasteiger charge is -2.04. The van der Waals surface area contributed by atoms with Crippen LogP contribution in [0.3, 0.4) is 0 Å². The number of hydrogen-bond donors (Lipinski definition) is 1. The van der Waals surface area contributed by atoms with E-state index in [9.17, 15) is 16.8 Å². The molecule has 0 atom stereocenters. The molecule has 0 aliphatic heterocycles. The van der Waals surface area contributed by atoms with Gasteiger partial charge in [0.2, 0.25) is 10.0 Å². The van der Waals surface area contributed by atoms with Gasteiger partial charge in [0.05, 0.1) is 11.2 Å². The number of sulfonamides is 2. The summed E-state index contributed by atoms with van der Waals surface area (Å²) < 4.78 is 46.3. The third kappa shape index (κ3) is 3.44. The Kier molecular flexibility index (Phi) is 3.51. The second-order valence-corrected chi connectivity index (χ2v) is 6.82. The summed E-state index contributed by atoms with van der Waals surface area (Å²) in [6, 6.07) is 5.68. The molecule has 0 unspecified atom stereocenters. The zero-order valence-corrected chi connectivity index (χ0v) is 10.2. The van der Waals surface area contributed by atoms with Crippen LogP contribution in [0.4, 0.5) is 0 Å². The molecule has 0 amide bonds. The molecule has 0 spiro atoms. The summed E-state index contributed by atoms with van der Waals surface area (Å²) in [4.78, 5) is -0.108. The molecule has 0 saturated heterocycles. The van der Waals surface area contributed by atoms with Crippen molar-refractivity contribution in [2.75, 3.05) is 6.26 Å². The van der Waals surface area contributed by atoms with Gasteiger partial charge in [-0.3, -0.25) is 0 Å². The zero-order valence-electron chi connectivity index (χ0n) is 8.54. The third-order valence-corrected chi connectivity index (χ3v) is 4.67. The smallest absolute Gasteiger partial charge is 0.212 e. The monoisotopic (exact) mass is 261 g/mol. The van der Waals surface area contributed by atoms with Gasteiger partial charge >= 0.3 is 0 Å². The molecule has 0 aromatic heterocycles. The first kappa shape index (κ1) is 12.9. The van der Waals surface area contributed by atoms with Crippen LogP contribution in [0.15, 0.2) is 35.7 Å². The first-order valence-corrected chi connectivity index (χ1v) is 7.58. The normalized spacial score (nSPS) is 12.3. The van der Waals surface area contributed by atoms with Crippen LogP contribution in [0.1, 0.15) is 5.56 Å². The molecule has 1 aromatic rings. The molecule has 0 fully saturated rings. The van der Waals surface area contributed by atoms with Crippen molar-refractivity contribution in [2.24, 2.45) is 0 Å². The van der Waals surface area contributed by atoms with E-state index in [2.05, 4.69) is 6.58 Å². The second kappa shape index (κ2) is 4.36. The van der Waals surface area contributed by atoms with Crippen LogP contribution in [0, 0.1) is 0 Å². The summed E-state index contributed by atoms with van der Waals surface area (Å²) in [6.45, 7) is 3.52. The summed E-state index contributed by atoms with van der Waals surface area (Å²) in [6.07, 6.45) is 2.34. The van der Waals surface area contributed by atoms with Crippen molar-refractivity contribution in [2.45, 2.75) is 4.90 Å². The molecule has 5 nitrogen and oxygen atoms in total. The Morgan fingerprint density at radius 2 is 1.62 bits per heavy atom. The van der Waals surface area contributed by atoms with E-state index in [0.29, 0.717) is 0 Å². The fourth-order valence-corrected chi connectivity index (χ4v) is 3.50. The van der Waals surface area contributed by atoms with Crippen molar-refractivity contribution in [1.82, 2.24) is 4.13 Å². The predicted molar refractivity (Wildman–Crippen MR) is 61.7 cm³/mol. The first-order valence-electron chi connectivity index (χ1n) is 4.21. The number of nitrogens with one attached hydrogen (secondary N) is 1. The van der Waals surface area contributed by atoms with Crippen LogP contribution in [0.5, 0.6) is 0 Å². The molecule has 0 bridgehead atoms. The Balaban J connectivity index is 3.13. The fourth-order valence-electron chi connectivity index (χ4n) is 1.03. The maximum absolute atomic E-state index is 11.5.